The van der Waals surface area contributed by atoms with Gasteiger partial charge in [-0.1, -0.05) is 58.0 Å². The molecule has 31 heavy (non-hydrogen) atoms. The molecule has 0 aliphatic carbocycles. The van der Waals surface area contributed by atoms with Crippen molar-refractivity contribution in [2.45, 2.75) is 49.7 Å². The normalized spacial score (nSPS) is 16.5. The van der Waals surface area contributed by atoms with E-state index in [0.29, 0.717) is 5.25 Å². The third kappa shape index (κ3) is 3.00. The molecule has 0 spiro atoms. The van der Waals surface area contributed by atoms with Crippen molar-refractivity contribution in [2.24, 2.45) is 0 Å². The van der Waals surface area contributed by atoms with Crippen LogP contribution >= 0.6 is 23.1 Å². The van der Waals surface area contributed by atoms with E-state index < -0.39 is 0 Å². The van der Waals surface area contributed by atoms with Crippen LogP contribution in [0.2, 0.25) is 0 Å². The number of hydrogen-bond acceptors (Lipinski definition) is 4. The quantitative estimate of drug-likeness (QED) is 0.264. The number of hydrogen-bond donors (Lipinski definition) is 0. The Bertz CT molecular complexity index is 1490. The first kappa shape index (κ1) is 19.3. The highest BCUT2D eigenvalue weighted by atomic mass is 32.2. The lowest BCUT2D eigenvalue weighted by Crippen LogP contribution is -2.12. The summed E-state index contributed by atoms with van der Waals surface area (Å²) in [6.45, 7) is 9.19. The van der Waals surface area contributed by atoms with Crippen molar-refractivity contribution in [3.63, 3.8) is 0 Å². The van der Waals surface area contributed by atoms with Crippen molar-refractivity contribution in [3.8, 4) is 11.3 Å². The predicted octanol–water partition coefficient (Wildman–Crippen LogP) is 8.00. The minimum absolute atomic E-state index is 0.0466. The van der Waals surface area contributed by atoms with Crippen molar-refractivity contribution in [1.82, 2.24) is 9.97 Å². The van der Waals surface area contributed by atoms with Gasteiger partial charge in [-0.05, 0) is 51.9 Å². The molecule has 3 aromatic carbocycles. The monoisotopic (exact) mass is 440 g/mol. The summed E-state index contributed by atoms with van der Waals surface area (Å²) in [6.07, 6.45) is 2.87. The highest BCUT2D eigenvalue weighted by molar-refractivity contribution is 8.00. The molecule has 1 atom stereocenters. The maximum absolute atomic E-state index is 4.86. The van der Waals surface area contributed by atoms with Crippen LogP contribution in [0.1, 0.15) is 38.8 Å². The molecule has 1 aliphatic heterocycles. The Morgan fingerprint density at radius 3 is 2.65 bits per heavy atom. The summed E-state index contributed by atoms with van der Waals surface area (Å²) in [6, 6.07) is 18.0. The van der Waals surface area contributed by atoms with Crippen LogP contribution in [-0.4, -0.2) is 15.2 Å². The Kier molecular flexibility index (Phi) is 4.22. The molecule has 0 saturated carbocycles. The second-order valence-electron chi connectivity index (χ2n) is 9.56. The fourth-order valence-corrected chi connectivity index (χ4v) is 7.25. The minimum atomic E-state index is 0.0466. The summed E-state index contributed by atoms with van der Waals surface area (Å²) < 4.78 is 1.31. The van der Waals surface area contributed by atoms with E-state index in [1.807, 2.05) is 11.8 Å². The maximum atomic E-state index is 4.86. The van der Waals surface area contributed by atoms with E-state index in [9.17, 15) is 0 Å². The molecule has 0 radical (unpaired) electrons. The van der Waals surface area contributed by atoms with E-state index in [-0.39, 0.29) is 5.41 Å². The van der Waals surface area contributed by atoms with Gasteiger partial charge >= 0.3 is 0 Å². The molecule has 6 rings (SSSR count). The summed E-state index contributed by atoms with van der Waals surface area (Å²) in [4.78, 5) is 12.1. The first-order chi connectivity index (χ1) is 14.9. The number of fused-ring (bicyclic) bond motifs is 6. The SMILES string of the molecule is CC1Cc2ccc3sc4ncnc(-c5cc(C(C)(C)C)c6ccccc6c5)c4c3c2S1. The van der Waals surface area contributed by atoms with Crippen LogP contribution in [0.25, 0.3) is 42.3 Å². The van der Waals surface area contributed by atoms with Crippen molar-refractivity contribution in [2.75, 3.05) is 0 Å². The Labute approximate surface area is 190 Å². The van der Waals surface area contributed by atoms with Gasteiger partial charge in [-0.3, -0.25) is 0 Å². The first-order valence-electron chi connectivity index (χ1n) is 10.8. The average Bonchev–Trinajstić information content (AvgIpc) is 3.31. The molecule has 0 bridgehead atoms. The average molecular weight is 441 g/mol. The van der Waals surface area contributed by atoms with Gasteiger partial charge in [-0.2, -0.15) is 0 Å². The predicted molar refractivity (Wildman–Crippen MR) is 136 cm³/mol. The molecule has 0 N–H and O–H groups in total. The Hall–Kier alpha value is -2.43. The van der Waals surface area contributed by atoms with Gasteiger partial charge in [0, 0.05) is 31.2 Å². The molecular formula is C27H24N2S2. The molecule has 1 unspecified atom stereocenters. The van der Waals surface area contributed by atoms with Crippen LogP contribution in [0.3, 0.4) is 0 Å². The number of benzene rings is 3. The molecule has 2 nitrogen and oxygen atoms in total. The van der Waals surface area contributed by atoms with Gasteiger partial charge < -0.3 is 0 Å². The van der Waals surface area contributed by atoms with Crippen LogP contribution in [0.5, 0.6) is 0 Å². The van der Waals surface area contributed by atoms with Gasteiger partial charge in [0.2, 0.25) is 0 Å². The van der Waals surface area contributed by atoms with E-state index in [2.05, 4.69) is 81.2 Å². The number of rotatable bonds is 1. The topological polar surface area (TPSA) is 25.8 Å². The second-order valence-corrected chi connectivity index (χ2v) is 12.0. The van der Waals surface area contributed by atoms with Crippen molar-refractivity contribution in [3.05, 3.63) is 66.0 Å². The largest absolute Gasteiger partial charge is 0.236 e. The minimum Gasteiger partial charge on any atom is -0.236 e. The van der Waals surface area contributed by atoms with Gasteiger partial charge in [-0.25, -0.2) is 9.97 Å². The third-order valence-corrected chi connectivity index (χ3v) is 8.57. The van der Waals surface area contributed by atoms with E-state index in [4.69, 9.17) is 4.98 Å². The van der Waals surface area contributed by atoms with Gasteiger partial charge in [0.25, 0.3) is 0 Å². The van der Waals surface area contributed by atoms with Crippen LogP contribution in [0.15, 0.2) is 59.8 Å². The summed E-state index contributed by atoms with van der Waals surface area (Å²) in [5, 5.41) is 5.79. The number of nitrogens with zero attached hydrogens (tertiary/aromatic N) is 2. The standard InChI is InChI=1S/C27H24N2S2/c1-15-11-17-9-10-21-22(25(17)30-15)23-24(28-14-29-26(23)31-21)18-12-16-7-5-6-8-19(16)20(13-18)27(2,3)4/h5-10,12-15H,11H2,1-4H3. The zero-order valence-electron chi connectivity index (χ0n) is 18.2. The molecule has 154 valence electrons. The summed E-state index contributed by atoms with van der Waals surface area (Å²) in [5.74, 6) is 0. The van der Waals surface area contributed by atoms with E-state index in [1.54, 1.807) is 17.7 Å². The fraction of sp³-hybridized carbons (Fsp3) is 0.259. The van der Waals surface area contributed by atoms with E-state index in [0.717, 1.165) is 16.9 Å². The van der Waals surface area contributed by atoms with Gasteiger partial charge in [-0.15, -0.1) is 23.1 Å². The van der Waals surface area contributed by atoms with Gasteiger partial charge in [0.15, 0.2) is 0 Å². The maximum Gasteiger partial charge on any atom is 0.128 e. The van der Waals surface area contributed by atoms with Crippen molar-refractivity contribution < 1.29 is 0 Å². The zero-order valence-corrected chi connectivity index (χ0v) is 19.8. The van der Waals surface area contributed by atoms with Crippen molar-refractivity contribution in [1.29, 1.82) is 0 Å². The summed E-state index contributed by atoms with van der Waals surface area (Å²) in [5.41, 5.74) is 5.12. The molecule has 0 amide bonds. The smallest absolute Gasteiger partial charge is 0.128 e. The van der Waals surface area contributed by atoms with Gasteiger partial charge in [0.05, 0.1) is 5.69 Å². The molecule has 3 heterocycles. The highest BCUT2D eigenvalue weighted by Gasteiger charge is 2.25. The molecule has 2 aromatic heterocycles. The molecule has 0 fully saturated rings. The van der Waals surface area contributed by atoms with Crippen molar-refractivity contribution >= 4 is 54.2 Å². The third-order valence-electron chi connectivity index (χ3n) is 6.24. The summed E-state index contributed by atoms with van der Waals surface area (Å²) >= 11 is 3.79. The molecule has 4 heteroatoms. The second kappa shape index (κ2) is 6.78. The molecule has 1 aliphatic rings. The van der Waals surface area contributed by atoms with Crippen LogP contribution in [0, 0.1) is 0 Å². The lowest BCUT2D eigenvalue weighted by Gasteiger charge is -2.23. The highest BCUT2D eigenvalue weighted by Crippen LogP contribution is 2.48. The Morgan fingerprint density at radius 1 is 0.968 bits per heavy atom. The van der Waals surface area contributed by atoms with Crippen LogP contribution < -0.4 is 0 Å². The number of aromatic nitrogens is 2. The number of thiophene rings is 1. The lowest BCUT2D eigenvalue weighted by atomic mass is 9.82. The lowest BCUT2D eigenvalue weighted by molar-refractivity contribution is 0.596. The molecule has 5 aromatic rings. The Balaban J connectivity index is 1.72. The summed E-state index contributed by atoms with van der Waals surface area (Å²) in [7, 11) is 0. The first-order valence-corrected chi connectivity index (χ1v) is 12.5. The zero-order chi connectivity index (χ0) is 21.3. The van der Waals surface area contributed by atoms with Crippen LogP contribution in [0.4, 0.5) is 0 Å². The molecular weight excluding hydrogens is 416 g/mol. The van der Waals surface area contributed by atoms with Crippen LogP contribution in [-0.2, 0) is 11.8 Å². The number of thioether (sulfide) groups is 1. The van der Waals surface area contributed by atoms with E-state index in [1.165, 1.54) is 47.8 Å². The molecule has 0 saturated heterocycles. The Morgan fingerprint density at radius 2 is 1.81 bits per heavy atom. The van der Waals surface area contributed by atoms with Gasteiger partial charge in [0.1, 0.15) is 11.2 Å². The van der Waals surface area contributed by atoms with E-state index >= 15 is 0 Å². The fourth-order valence-electron chi connectivity index (χ4n) is 4.84.